The molecule has 6 rings (SSSR count). The predicted octanol–water partition coefficient (Wildman–Crippen LogP) is 5.27. The number of thiazole rings is 1. The summed E-state index contributed by atoms with van der Waals surface area (Å²) < 4.78 is 16.9. The molecule has 8 nitrogen and oxygen atoms in total. The summed E-state index contributed by atoms with van der Waals surface area (Å²) >= 11 is 1.22. The maximum Gasteiger partial charge on any atom is 0.294 e. The van der Waals surface area contributed by atoms with Crippen LogP contribution in [0.4, 0.5) is 5.69 Å². The second-order valence-electron chi connectivity index (χ2n) is 8.31. The number of carbonyl (C=O) groups is 2. The molecule has 4 aromatic rings. The summed E-state index contributed by atoms with van der Waals surface area (Å²) in [7, 11) is 0. The third-order valence-electron chi connectivity index (χ3n) is 6.09. The van der Waals surface area contributed by atoms with Crippen LogP contribution in [0.2, 0.25) is 0 Å². The van der Waals surface area contributed by atoms with Crippen LogP contribution in [0, 0.1) is 6.92 Å². The minimum absolute atomic E-state index is 0.0591. The molecule has 1 atom stereocenters. The maximum atomic E-state index is 13.9. The number of aliphatic hydroxyl groups is 1. The second kappa shape index (κ2) is 8.69. The highest BCUT2D eigenvalue weighted by atomic mass is 32.1. The molecule has 1 amide bonds. The number of hydrogen-bond acceptors (Lipinski definition) is 8. The summed E-state index contributed by atoms with van der Waals surface area (Å²) in [6, 6.07) is 17.0. The first-order valence-corrected chi connectivity index (χ1v) is 12.1. The lowest BCUT2D eigenvalue weighted by Gasteiger charge is -2.26. The number of fused-ring (bicyclic) bond motifs is 1. The van der Waals surface area contributed by atoms with Crippen LogP contribution in [0.3, 0.4) is 0 Å². The molecule has 0 spiro atoms. The highest BCUT2D eigenvalue weighted by Crippen LogP contribution is 2.45. The molecule has 1 N–H and O–H groups in total. The molecule has 36 heavy (non-hydrogen) atoms. The average molecular weight is 501 g/mol. The van der Waals surface area contributed by atoms with Gasteiger partial charge in [0.25, 0.3) is 5.91 Å². The summed E-state index contributed by atoms with van der Waals surface area (Å²) in [5.74, 6) is -0.411. The zero-order valence-electron chi connectivity index (χ0n) is 19.1. The number of aliphatic hydroxyl groups excluding tert-OH is 1. The van der Waals surface area contributed by atoms with Crippen molar-refractivity contribution in [1.29, 1.82) is 0 Å². The maximum absolute atomic E-state index is 13.9. The fourth-order valence-electron chi connectivity index (χ4n) is 4.44. The summed E-state index contributed by atoms with van der Waals surface area (Å²) in [6.45, 7) is 2.56. The number of ketones is 1. The number of carbonyl (C=O) groups excluding carboxylic acids is 2. The Bertz CT molecular complexity index is 1510. The number of benzene rings is 2. The third kappa shape index (κ3) is 3.56. The first-order chi connectivity index (χ1) is 17.5. The van der Waals surface area contributed by atoms with E-state index >= 15 is 0 Å². The Balaban J connectivity index is 1.43. The molecule has 0 aliphatic carbocycles. The molecule has 4 heterocycles. The molecule has 2 aliphatic heterocycles. The lowest BCUT2D eigenvalue weighted by molar-refractivity contribution is -0.117. The number of anilines is 1. The van der Waals surface area contributed by atoms with Crippen LogP contribution >= 0.6 is 11.3 Å². The molecule has 180 valence electrons. The Morgan fingerprint density at radius 1 is 1.06 bits per heavy atom. The van der Waals surface area contributed by atoms with Crippen molar-refractivity contribution in [3.8, 4) is 22.1 Å². The molecule has 2 aromatic carbocycles. The fourth-order valence-corrected chi connectivity index (χ4v) is 5.46. The smallest absolute Gasteiger partial charge is 0.294 e. The molecule has 2 aliphatic rings. The first kappa shape index (κ1) is 22.1. The number of Topliss-reactive ketones (excluding diaryl/α,β-unsaturated/α-hetero) is 1. The number of furan rings is 1. The minimum atomic E-state index is -0.968. The Hall–Kier alpha value is -4.37. The number of aryl methyl sites for hydroxylation is 1. The first-order valence-electron chi connectivity index (χ1n) is 11.3. The van der Waals surface area contributed by atoms with Crippen LogP contribution in [0.15, 0.2) is 82.7 Å². The second-order valence-corrected chi connectivity index (χ2v) is 9.31. The SMILES string of the molecule is Cc1nc(-c2ccccc2)sc1C(=O)C1=C(O)C(=O)N(c2ccc3c(c2)OCCO3)C1c1ccco1. The van der Waals surface area contributed by atoms with Crippen molar-refractivity contribution in [2.24, 2.45) is 0 Å². The lowest BCUT2D eigenvalue weighted by Crippen LogP contribution is -2.31. The fraction of sp³-hybridized carbons (Fsp3) is 0.148. The molecule has 0 saturated heterocycles. The average Bonchev–Trinajstić information content (AvgIpc) is 3.63. The number of nitrogens with zero attached hydrogens (tertiary/aromatic N) is 2. The van der Waals surface area contributed by atoms with Gasteiger partial charge in [-0.2, -0.15) is 0 Å². The normalized spacial score (nSPS) is 17.1. The molecule has 0 radical (unpaired) electrons. The van der Waals surface area contributed by atoms with Crippen molar-refractivity contribution in [3.05, 3.63) is 94.6 Å². The molecule has 0 fully saturated rings. The monoisotopic (exact) mass is 500 g/mol. The van der Waals surface area contributed by atoms with E-state index in [9.17, 15) is 14.7 Å². The van der Waals surface area contributed by atoms with E-state index in [0.29, 0.717) is 51.7 Å². The largest absolute Gasteiger partial charge is 0.503 e. The van der Waals surface area contributed by atoms with Crippen LogP contribution in [-0.2, 0) is 4.79 Å². The van der Waals surface area contributed by atoms with E-state index in [1.54, 1.807) is 37.3 Å². The Morgan fingerprint density at radius 2 is 1.83 bits per heavy atom. The van der Waals surface area contributed by atoms with E-state index < -0.39 is 23.5 Å². The number of rotatable bonds is 5. The van der Waals surface area contributed by atoms with Gasteiger partial charge in [0.05, 0.1) is 22.4 Å². The standard InChI is InChI=1S/C27H20N2O6S/c1-15-25(36-26(28-15)16-6-3-2-4-7-16)23(30)21-22(19-8-5-11-33-19)29(27(32)24(21)31)17-9-10-18-20(14-17)35-13-12-34-18/h2-11,14,22,31H,12-13H2,1H3. The van der Waals surface area contributed by atoms with Crippen molar-refractivity contribution in [3.63, 3.8) is 0 Å². The van der Waals surface area contributed by atoms with Crippen LogP contribution in [-0.4, -0.2) is 35.0 Å². The molecular weight excluding hydrogens is 480 g/mol. The van der Waals surface area contributed by atoms with Gasteiger partial charge in [0.15, 0.2) is 17.3 Å². The van der Waals surface area contributed by atoms with Gasteiger partial charge < -0.3 is 19.0 Å². The minimum Gasteiger partial charge on any atom is -0.503 e. The van der Waals surface area contributed by atoms with Gasteiger partial charge >= 0.3 is 0 Å². The van der Waals surface area contributed by atoms with Gasteiger partial charge in [-0.3, -0.25) is 14.5 Å². The lowest BCUT2D eigenvalue weighted by atomic mass is 9.99. The molecular formula is C27H20N2O6S. The Morgan fingerprint density at radius 3 is 2.58 bits per heavy atom. The summed E-state index contributed by atoms with van der Waals surface area (Å²) in [5.41, 5.74) is 1.78. The van der Waals surface area contributed by atoms with Crippen molar-refractivity contribution in [1.82, 2.24) is 4.98 Å². The van der Waals surface area contributed by atoms with Crippen molar-refractivity contribution in [2.45, 2.75) is 13.0 Å². The molecule has 0 bridgehead atoms. The van der Waals surface area contributed by atoms with Gasteiger partial charge in [0.2, 0.25) is 5.78 Å². The highest BCUT2D eigenvalue weighted by molar-refractivity contribution is 7.17. The van der Waals surface area contributed by atoms with Gasteiger partial charge in [-0.25, -0.2) is 4.98 Å². The van der Waals surface area contributed by atoms with E-state index in [4.69, 9.17) is 13.9 Å². The zero-order chi connectivity index (χ0) is 24.8. The topological polar surface area (TPSA) is 102 Å². The summed E-state index contributed by atoms with van der Waals surface area (Å²) in [5, 5.41) is 11.7. The van der Waals surface area contributed by atoms with E-state index in [2.05, 4.69) is 4.98 Å². The zero-order valence-corrected chi connectivity index (χ0v) is 20.0. The molecule has 1 unspecified atom stereocenters. The van der Waals surface area contributed by atoms with Crippen molar-refractivity contribution < 1.29 is 28.6 Å². The van der Waals surface area contributed by atoms with E-state index in [-0.39, 0.29) is 5.57 Å². The third-order valence-corrected chi connectivity index (χ3v) is 7.30. The van der Waals surface area contributed by atoms with Gasteiger partial charge in [0, 0.05) is 17.3 Å². The Labute approximate surface area is 210 Å². The van der Waals surface area contributed by atoms with Crippen molar-refractivity contribution >= 4 is 28.7 Å². The Kier molecular flexibility index (Phi) is 5.34. The van der Waals surface area contributed by atoms with Gasteiger partial charge in [-0.05, 0) is 31.2 Å². The van der Waals surface area contributed by atoms with Gasteiger partial charge in [0.1, 0.15) is 30.0 Å². The molecule has 9 heteroatoms. The summed E-state index contributed by atoms with van der Waals surface area (Å²) in [6.07, 6.45) is 1.46. The van der Waals surface area contributed by atoms with Crippen molar-refractivity contribution in [2.75, 3.05) is 18.1 Å². The predicted molar refractivity (Wildman–Crippen MR) is 133 cm³/mol. The van der Waals surface area contributed by atoms with Gasteiger partial charge in [-0.1, -0.05) is 30.3 Å². The van der Waals surface area contributed by atoms with Gasteiger partial charge in [-0.15, -0.1) is 11.3 Å². The molecule has 2 aromatic heterocycles. The van der Waals surface area contributed by atoms with Crippen LogP contribution in [0.5, 0.6) is 11.5 Å². The van der Waals surface area contributed by atoms with E-state index in [1.807, 2.05) is 30.3 Å². The summed E-state index contributed by atoms with van der Waals surface area (Å²) in [4.78, 5) is 33.5. The van der Waals surface area contributed by atoms with Crippen LogP contribution in [0.25, 0.3) is 10.6 Å². The highest BCUT2D eigenvalue weighted by Gasteiger charge is 2.47. The quantitative estimate of drug-likeness (QED) is 0.373. The number of amides is 1. The van der Waals surface area contributed by atoms with Crippen LogP contribution in [0.1, 0.15) is 27.2 Å². The van der Waals surface area contributed by atoms with E-state index in [0.717, 1.165) is 5.56 Å². The van der Waals surface area contributed by atoms with Crippen LogP contribution < -0.4 is 14.4 Å². The number of aromatic nitrogens is 1. The van der Waals surface area contributed by atoms with E-state index in [1.165, 1.54) is 22.5 Å². The molecule has 0 saturated carbocycles. The number of hydrogen-bond donors (Lipinski definition) is 1. The number of ether oxygens (including phenoxy) is 2.